The molecule has 0 spiro atoms. The van der Waals surface area contributed by atoms with Crippen LogP contribution in [-0.4, -0.2) is 16.9 Å². The zero-order valence-electron chi connectivity index (χ0n) is 7.92. The van der Waals surface area contributed by atoms with Crippen LogP contribution in [0.3, 0.4) is 0 Å². The molecule has 72 valence electrons. The van der Waals surface area contributed by atoms with Gasteiger partial charge in [-0.05, 0) is 20.8 Å². The molecule has 1 amide bonds. The van der Waals surface area contributed by atoms with Crippen molar-refractivity contribution in [2.24, 2.45) is 5.73 Å². The number of carbonyl (C=O) groups excluding carboxylic acids is 1. The fourth-order valence-corrected chi connectivity index (χ4v) is 1.90. The summed E-state index contributed by atoms with van der Waals surface area (Å²) in [5.41, 5.74) is 5.86. The average Bonchev–Trinajstić information content (AvgIpc) is 2.29. The first kappa shape index (κ1) is 9.98. The number of primary amides is 1. The third-order valence-corrected chi connectivity index (χ3v) is 2.54. The highest BCUT2D eigenvalue weighted by molar-refractivity contribution is 7.17. The number of thiazole rings is 1. The molecule has 4 nitrogen and oxygen atoms in total. The highest BCUT2D eigenvalue weighted by Crippen LogP contribution is 2.22. The summed E-state index contributed by atoms with van der Waals surface area (Å²) >= 11 is 1.30. The molecule has 13 heavy (non-hydrogen) atoms. The highest BCUT2D eigenvalue weighted by Gasteiger charge is 2.12. The van der Waals surface area contributed by atoms with E-state index in [1.807, 2.05) is 13.8 Å². The topological polar surface area (TPSA) is 68.0 Å². The highest BCUT2D eigenvalue weighted by atomic mass is 32.1. The van der Waals surface area contributed by atoms with Gasteiger partial charge < -0.3 is 11.1 Å². The van der Waals surface area contributed by atoms with Gasteiger partial charge in [0.2, 0.25) is 0 Å². The lowest BCUT2D eigenvalue weighted by Crippen LogP contribution is -2.10. The van der Waals surface area contributed by atoms with Crippen LogP contribution in [0.2, 0.25) is 0 Å². The van der Waals surface area contributed by atoms with Gasteiger partial charge in [-0.1, -0.05) is 11.3 Å². The van der Waals surface area contributed by atoms with E-state index in [-0.39, 0.29) is 0 Å². The zero-order chi connectivity index (χ0) is 10.0. The summed E-state index contributed by atoms with van der Waals surface area (Å²) in [6.07, 6.45) is 0. The van der Waals surface area contributed by atoms with E-state index in [1.165, 1.54) is 11.3 Å². The largest absolute Gasteiger partial charge is 0.365 e. The minimum absolute atomic E-state index is 0.311. The predicted molar refractivity (Wildman–Crippen MR) is 54.1 cm³/mol. The maximum atomic E-state index is 10.9. The number of amides is 1. The molecule has 0 aliphatic heterocycles. The third-order valence-electron chi connectivity index (χ3n) is 1.43. The molecule has 0 aliphatic carbocycles. The molecule has 1 aromatic rings. The Morgan fingerprint density at radius 2 is 2.23 bits per heavy atom. The van der Waals surface area contributed by atoms with Crippen molar-refractivity contribution < 1.29 is 4.79 Å². The van der Waals surface area contributed by atoms with Crippen molar-refractivity contribution in [3.05, 3.63) is 10.6 Å². The molecule has 1 rings (SSSR count). The van der Waals surface area contributed by atoms with Crippen molar-refractivity contribution in [2.45, 2.75) is 26.8 Å². The van der Waals surface area contributed by atoms with Crippen molar-refractivity contribution in [3.8, 4) is 0 Å². The lowest BCUT2D eigenvalue weighted by atomic mass is 10.4. The van der Waals surface area contributed by atoms with Gasteiger partial charge in [0.15, 0.2) is 5.13 Å². The second-order valence-electron chi connectivity index (χ2n) is 3.10. The predicted octanol–water partition coefficient (Wildman–Crippen LogP) is 1.37. The first-order valence-corrected chi connectivity index (χ1v) is 4.86. The van der Waals surface area contributed by atoms with E-state index in [1.54, 1.807) is 6.92 Å². The summed E-state index contributed by atoms with van der Waals surface area (Å²) in [7, 11) is 0. The molecule has 0 saturated carbocycles. The summed E-state index contributed by atoms with van der Waals surface area (Å²) in [5, 5.41) is 3.87. The number of anilines is 1. The standard InChI is InChI=1S/C8H13N3OS/c1-4(2)10-8-11-5(3)6(13-8)7(9)12/h4H,1-3H3,(H2,9,12)(H,10,11). The molecule has 3 N–H and O–H groups in total. The number of nitrogens with two attached hydrogens (primary N) is 1. The Bertz CT molecular complexity index is 319. The Hall–Kier alpha value is -1.10. The van der Waals surface area contributed by atoms with Crippen LogP contribution in [0.15, 0.2) is 0 Å². The van der Waals surface area contributed by atoms with Crippen LogP contribution in [0.4, 0.5) is 5.13 Å². The Morgan fingerprint density at radius 3 is 2.62 bits per heavy atom. The molecule has 0 radical (unpaired) electrons. The number of hydrogen-bond acceptors (Lipinski definition) is 4. The summed E-state index contributed by atoms with van der Waals surface area (Å²) in [4.78, 5) is 15.6. The van der Waals surface area contributed by atoms with Crippen LogP contribution in [-0.2, 0) is 0 Å². The normalized spacial score (nSPS) is 10.5. The van der Waals surface area contributed by atoms with Gasteiger partial charge in [-0.15, -0.1) is 0 Å². The monoisotopic (exact) mass is 199 g/mol. The molecule has 5 heteroatoms. The summed E-state index contributed by atoms with van der Waals surface area (Å²) < 4.78 is 0. The van der Waals surface area contributed by atoms with Gasteiger partial charge in [-0.25, -0.2) is 4.98 Å². The maximum Gasteiger partial charge on any atom is 0.260 e. The van der Waals surface area contributed by atoms with Crippen LogP contribution in [0, 0.1) is 6.92 Å². The Labute approximate surface area is 81.2 Å². The van der Waals surface area contributed by atoms with E-state index in [9.17, 15) is 4.79 Å². The van der Waals surface area contributed by atoms with Crippen molar-refractivity contribution in [1.29, 1.82) is 0 Å². The molecule has 0 aliphatic rings. The SMILES string of the molecule is Cc1nc(NC(C)C)sc1C(N)=O. The zero-order valence-corrected chi connectivity index (χ0v) is 8.73. The summed E-state index contributed by atoms with van der Waals surface area (Å²) in [6, 6.07) is 0.311. The summed E-state index contributed by atoms with van der Waals surface area (Å²) in [6.45, 7) is 5.81. The van der Waals surface area contributed by atoms with E-state index in [0.717, 1.165) is 5.13 Å². The number of aryl methyl sites for hydroxylation is 1. The molecule has 0 fully saturated rings. The van der Waals surface area contributed by atoms with Gasteiger partial charge in [0, 0.05) is 6.04 Å². The van der Waals surface area contributed by atoms with Gasteiger partial charge in [0.25, 0.3) is 5.91 Å². The minimum Gasteiger partial charge on any atom is -0.365 e. The fourth-order valence-electron chi connectivity index (χ4n) is 0.934. The second-order valence-corrected chi connectivity index (χ2v) is 4.10. The summed E-state index contributed by atoms with van der Waals surface area (Å²) in [5.74, 6) is -0.410. The van der Waals surface area contributed by atoms with E-state index < -0.39 is 5.91 Å². The molecule has 0 atom stereocenters. The molecule has 0 aromatic carbocycles. The third kappa shape index (κ3) is 2.42. The van der Waals surface area contributed by atoms with Crippen LogP contribution < -0.4 is 11.1 Å². The molecular weight excluding hydrogens is 186 g/mol. The number of carbonyl (C=O) groups is 1. The van der Waals surface area contributed by atoms with Gasteiger partial charge in [0.05, 0.1) is 5.69 Å². The van der Waals surface area contributed by atoms with E-state index in [2.05, 4.69) is 10.3 Å². The Kier molecular flexibility index (Phi) is 2.87. The van der Waals surface area contributed by atoms with Gasteiger partial charge in [-0.2, -0.15) is 0 Å². The fraction of sp³-hybridized carbons (Fsp3) is 0.500. The van der Waals surface area contributed by atoms with Crippen LogP contribution in [0.5, 0.6) is 0 Å². The average molecular weight is 199 g/mol. The van der Waals surface area contributed by atoms with Crippen molar-refractivity contribution in [2.75, 3.05) is 5.32 Å². The van der Waals surface area contributed by atoms with Crippen molar-refractivity contribution >= 4 is 22.4 Å². The Morgan fingerprint density at radius 1 is 1.62 bits per heavy atom. The van der Waals surface area contributed by atoms with Crippen molar-refractivity contribution in [3.63, 3.8) is 0 Å². The first-order chi connectivity index (χ1) is 6.00. The lowest BCUT2D eigenvalue weighted by molar-refractivity contribution is 0.100. The molecule has 1 heterocycles. The van der Waals surface area contributed by atoms with Gasteiger partial charge in [-0.3, -0.25) is 4.79 Å². The number of hydrogen-bond donors (Lipinski definition) is 2. The lowest BCUT2D eigenvalue weighted by Gasteiger charge is -2.03. The molecule has 1 aromatic heterocycles. The van der Waals surface area contributed by atoms with Gasteiger partial charge >= 0.3 is 0 Å². The number of nitrogens with zero attached hydrogens (tertiary/aromatic N) is 1. The van der Waals surface area contributed by atoms with E-state index in [0.29, 0.717) is 16.6 Å². The van der Waals surface area contributed by atoms with Gasteiger partial charge in [0.1, 0.15) is 4.88 Å². The molecule has 0 unspecified atom stereocenters. The molecule has 0 bridgehead atoms. The van der Waals surface area contributed by atoms with Crippen LogP contribution >= 0.6 is 11.3 Å². The van der Waals surface area contributed by atoms with Crippen molar-refractivity contribution in [1.82, 2.24) is 4.98 Å². The quantitative estimate of drug-likeness (QED) is 0.772. The molecule has 0 saturated heterocycles. The van der Waals surface area contributed by atoms with E-state index in [4.69, 9.17) is 5.73 Å². The minimum atomic E-state index is -0.410. The number of nitrogens with one attached hydrogen (secondary N) is 1. The maximum absolute atomic E-state index is 10.9. The van der Waals surface area contributed by atoms with Crippen LogP contribution in [0.1, 0.15) is 29.2 Å². The number of rotatable bonds is 3. The van der Waals surface area contributed by atoms with E-state index >= 15 is 0 Å². The first-order valence-electron chi connectivity index (χ1n) is 4.04. The molecular formula is C8H13N3OS. The Balaban J connectivity index is 2.89. The van der Waals surface area contributed by atoms with Crippen LogP contribution in [0.25, 0.3) is 0 Å². The smallest absolute Gasteiger partial charge is 0.260 e. The second kappa shape index (κ2) is 3.74. The number of aromatic nitrogens is 1.